The molecule has 1 amide bonds. The van der Waals surface area contributed by atoms with Gasteiger partial charge in [0, 0.05) is 6.54 Å². The zero-order valence-corrected chi connectivity index (χ0v) is 14.6. The van der Waals surface area contributed by atoms with Crippen LogP contribution in [0.1, 0.15) is 36.5 Å². The maximum atomic E-state index is 12.9. The first-order valence-corrected chi connectivity index (χ1v) is 8.93. The van der Waals surface area contributed by atoms with Gasteiger partial charge < -0.3 is 10.1 Å². The number of rotatable bonds is 6. The van der Waals surface area contributed by atoms with Gasteiger partial charge in [0.1, 0.15) is 11.6 Å². The van der Waals surface area contributed by atoms with Crippen LogP contribution >= 0.6 is 0 Å². The van der Waals surface area contributed by atoms with Crippen molar-refractivity contribution in [3.05, 3.63) is 65.0 Å². The van der Waals surface area contributed by atoms with E-state index in [9.17, 15) is 9.18 Å². The fourth-order valence-corrected chi connectivity index (χ4v) is 3.23. The molecule has 0 heterocycles. The zero-order valence-electron chi connectivity index (χ0n) is 14.6. The van der Waals surface area contributed by atoms with Crippen LogP contribution in [0.15, 0.2) is 42.5 Å². The highest BCUT2D eigenvalue weighted by Gasteiger charge is 2.19. The Morgan fingerprint density at radius 2 is 1.92 bits per heavy atom. The maximum absolute atomic E-state index is 12.9. The lowest BCUT2D eigenvalue weighted by atomic mass is 9.91. The number of ether oxygens (including phenoxy) is 1. The number of halogens is 1. The molecule has 0 aromatic heterocycles. The second-order valence-electron chi connectivity index (χ2n) is 6.53. The number of nitrogens with one attached hydrogen (secondary N) is 1. The molecule has 1 aliphatic rings. The number of aryl methyl sites for hydroxylation is 1. The van der Waals surface area contributed by atoms with E-state index in [4.69, 9.17) is 4.74 Å². The lowest BCUT2D eigenvalue weighted by Gasteiger charge is -2.22. The molecule has 0 unspecified atom stereocenters. The highest BCUT2D eigenvalue weighted by atomic mass is 19.1. The molecular formula is C21H24FNO2. The van der Waals surface area contributed by atoms with Crippen LogP contribution in [-0.2, 0) is 24.1 Å². The molecule has 0 saturated heterocycles. The molecule has 0 spiro atoms. The van der Waals surface area contributed by atoms with E-state index in [0.717, 1.165) is 24.2 Å². The largest absolute Gasteiger partial charge is 0.481 e. The Morgan fingerprint density at radius 3 is 2.72 bits per heavy atom. The van der Waals surface area contributed by atoms with Crippen molar-refractivity contribution in [2.75, 3.05) is 6.54 Å². The van der Waals surface area contributed by atoms with Crippen molar-refractivity contribution in [1.82, 2.24) is 5.32 Å². The van der Waals surface area contributed by atoms with Crippen molar-refractivity contribution >= 4 is 5.91 Å². The summed E-state index contributed by atoms with van der Waals surface area (Å²) in [6.45, 7) is 2.28. The van der Waals surface area contributed by atoms with Crippen LogP contribution in [0.4, 0.5) is 4.39 Å². The van der Waals surface area contributed by atoms with Gasteiger partial charge in [-0.15, -0.1) is 0 Å². The second kappa shape index (κ2) is 8.15. The van der Waals surface area contributed by atoms with Crippen LogP contribution in [0.5, 0.6) is 5.75 Å². The molecule has 3 rings (SSSR count). The van der Waals surface area contributed by atoms with Gasteiger partial charge in [0.2, 0.25) is 0 Å². The monoisotopic (exact) mass is 341 g/mol. The van der Waals surface area contributed by atoms with Crippen molar-refractivity contribution < 1.29 is 13.9 Å². The summed E-state index contributed by atoms with van der Waals surface area (Å²) in [7, 11) is 0. The molecule has 1 aliphatic carbocycles. The van der Waals surface area contributed by atoms with Gasteiger partial charge in [-0.25, -0.2) is 4.39 Å². The molecule has 0 radical (unpaired) electrons. The Labute approximate surface area is 148 Å². The summed E-state index contributed by atoms with van der Waals surface area (Å²) in [6, 6.07) is 12.4. The third-order valence-corrected chi connectivity index (χ3v) is 4.65. The van der Waals surface area contributed by atoms with Gasteiger partial charge in [-0.2, -0.15) is 0 Å². The molecule has 1 atom stereocenters. The number of hydrogen-bond donors (Lipinski definition) is 1. The van der Waals surface area contributed by atoms with Crippen LogP contribution < -0.4 is 10.1 Å². The Hall–Kier alpha value is -2.36. The molecule has 0 bridgehead atoms. The van der Waals surface area contributed by atoms with Crippen molar-refractivity contribution in [2.24, 2.45) is 0 Å². The zero-order chi connectivity index (χ0) is 17.6. The van der Waals surface area contributed by atoms with Crippen LogP contribution in [0.3, 0.4) is 0 Å². The van der Waals surface area contributed by atoms with Crippen molar-refractivity contribution in [1.29, 1.82) is 0 Å². The molecule has 3 nitrogen and oxygen atoms in total. The molecule has 0 fully saturated rings. The van der Waals surface area contributed by atoms with Crippen LogP contribution in [-0.4, -0.2) is 18.6 Å². The first-order chi connectivity index (χ1) is 12.1. The van der Waals surface area contributed by atoms with Gasteiger partial charge in [0.25, 0.3) is 5.91 Å². The van der Waals surface area contributed by atoms with Crippen LogP contribution in [0, 0.1) is 5.82 Å². The minimum absolute atomic E-state index is 0.129. The molecular weight excluding hydrogens is 317 g/mol. The second-order valence-corrected chi connectivity index (χ2v) is 6.53. The Kier molecular flexibility index (Phi) is 5.69. The average Bonchev–Trinajstić information content (AvgIpc) is 2.63. The Morgan fingerprint density at radius 1 is 1.16 bits per heavy atom. The van der Waals surface area contributed by atoms with E-state index < -0.39 is 6.10 Å². The van der Waals surface area contributed by atoms with E-state index in [2.05, 4.69) is 11.4 Å². The summed E-state index contributed by atoms with van der Waals surface area (Å²) in [5, 5.41) is 2.89. The summed E-state index contributed by atoms with van der Waals surface area (Å²) in [5.41, 5.74) is 3.58. The van der Waals surface area contributed by atoms with Gasteiger partial charge in [-0.3, -0.25) is 4.79 Å². The topological polar surface area (TPSA) is 38.3 Å². The predicted molar refractivity (Wildman–Crippen MR) is 96.3 cm³/mol. The molecule has 132 valence electrons. The molecule has 0 aliphatic heterocycles. The van der Waals surface area contributed by atoms with Gasteiger partial charge in [0.15, 0.2) is 6.10 Å². The number of benzene rings is 2. The smallest absolute Gasteiger partial charge is 0.260 e. The fraction of sp³-hybridized carbons (Fsp3) is 0.381. The standard InChI is InChI=1S/C21H24FNO2/c1-15(21(24)23-14-13-16-9-11-18(22)12-10-16)25-20-8-4-6-17-5-2-3-7-19(17)20/h4,6,8-12,15H,2-3,5,7,13-14H2,1H3,(H,23,24)/t15-/m1/s1. The minimum Gasteiger partial charge on any atom is -0.481 e. The van der Waals surface area contributed by atoms with E-state index in [1.54, 1.807) is 19.1 Å². The number of carbonyl (C=O) groups excluding carboxylic acids is 1. The minimum atomic E-state index is -0.540. The molecule has 1 N–H and O–H groups in total. The highest BCUT2D eigenvalue weighted by Crippen LogP contribution is 2.30. The van der Waals surface area contributed by atoms with Gasteiger partial charge in [-0.1, -0.05) is 24.3 Å². The summed E-state index contributed by atoms with van der Waals surface area (Å²) in [4.78, 5) is 12.3. The predicted octanol–water partition coefficient (Wildman–Crippen LogP) is 3.83. The van der Waals surface area contributed by atoms with Crippen molar-refractivity contribution in [2.45, 2.75) is 45.1 Å². The first kappa shape index (κ1) is 17.5. The number of fused-ring (bicyclic) bond motifs is 1. The Bertz CT molecular complexity index is 727. The first-order valence-electron chi connectivity index (χ1n) is 8.93. The number of carbonyl (C=O) groups is 1. The summed E-state index contributed by atoms with van der Waals surface area (Å²) in [6.07, 6.45) is 4.62. The third-order valence-electron chi connectivity index (χ3n) is 4.65. The third kappa shape index (κ3) is 4.59. The molecule has 2 aromatic rings. The number of amides is 1. The lowest BCUT2D eigenvalue weighted by Crippen LogP contribution is -2.37. The lowest BCUT2D eigenvalue weighted by molar-refractivity contribution is -0.127. The van der Waals surface area contributed by atoms with Crippen LogP contribution in [0.25, 0.3) is 0 Å². The maximum Gasteiger partial charge on any atom is 0.260 e. The SMILES string of the molecule is C[C@@H](Oc1cccc2c1CCCC2)C(=O)NCCc1ccc(F)cc1. The highest BCUT2D eigenvalue weighted by molar-refractivity contribution is 5.80. The van der Waals surface area contributed by atoms with Gasteiger partial charge in [-0.05, 0) is 73.9 Å². The molecule has 2 aromatic carbocycles. The molecule has 4 heteroatoms. The summed E-state index contributed by atoms with van der Waals surface area (Å²) < 4.78 is 18.8. The van der Waals surface area contributed by atoms with Crippen molar-refractivity contribution in [3.8, 4) is 5.75 Å². The van der Waals surface area contributed by atoms with E-state index >= 15 is 0 Å². The normalized spacial score (nSPS) is 14.5. The summed E-state index contributed by atoms with van der Waals surface area (Å²) in [5.74, 6) is 0.454. The van der Waals surface area contributed by atoms with Crippen LogP contribution in [0.2, 0.25) is 0 Å². The summed E-state index contributed by atoms with van der Waals surface area (Å²) >= 11 is 0. The van der Waals surface area contributed by atoms with E-state index in [1.807, 2.05) is 12.1 Å². The fourth-order valence-electron chi connectivity index (χ4n) is 3.23. The molecule has 0 saturated carbocycles. The van der Waals surface area contributed by atoms with E-state index in [0.29, 0.717) is 13.0 Å². The quantitative estimate of drug-likeness (QED) is 0.867. The van der Waals surface area contributed by atoms with Crippen molar-refractivity contribution in [3.63, 3.8) is 0 Å². The number of hydrogen-bond acceptors (Lipinski definition) is 2. The van der Waals surface area contributed by atoms with E-state index in [1.165, 1.54) is 36.1 Å². The Balaban J connectivity index is 1.52. The van der Waals surface area contributed by atoms with Gasteiger partial charge in [0.05, 0.1) is 0 Å². The molecule has 25 heavy (non-hydrogen) atoms. The van der Waals surface area contributed by atoms with Gasteiger partial charge >= 0.3 is 0 Å². The average molecular weight is 341 g/mol. The van der Waals surface area contributed by atoms with E-state index in [-0.39, 0.29) is 11.7 Å².